The largest absolute Gasteiger partial charge is 0.478 e. The summed E-state index contributed by atoms with van der Waals surface area (Å²) >= 11 is 3.30. The number of aryl methyl sites for hydroxylation is 1. The highest BCUT2D eigenvalue weighted by atomic mass is 79.9. The first-order valence-corrected chi connectivity index (χ1v) is 6.08. The first-order chi connectivity index (χ1) is 8.56. The van der Waals surface area contributed by atoms with Crippen LogP contribution in [-0.2, 0) is 0 Å². The maximum absolute atomic E-state index is 10.8. The van der Waals surface area contributed by atoms with Crippen molar-refractivity contribution in [3.05, 3.63) is 52.1 Å². The number of aromatic carboxylic acids is 1. The van der Waals surface area contributed by atoms with Crippen molar-refractivity contribution >= 4 is 33.4 Å². The van der Waals surface area contributed by atoms with Gasteiger partial charge in [0.1, 0.15) is 5.82 Å². The van der Waals surface area contributed by atoms with Gasteiger partial charge in [-0.2, -0.15) is 0 Å². The fraction of sp³-hybridized carbons (Fsp3) is 0.0769. The van der Waals surface area contributed by atoms with E-state index in [0.717, 1.165) is 11.3 Å². The second kappa shape index (κ2) is 5.18. The van der Waals surface area contributed by atoms with E-state index in [1.165, 1.54) is 12.3 Å². The van der Waals surface area contributed by atoms with Crippen molar-refractivity contribution in [2.24, 2.45) is 0 Å². The van der Waals surface area contributed by atoms with Crippen molar-refractivity contribution in [2.45, 2.75) is 6.92 Å². The molecule has 0 saturated heterocycles. The lowest BCUT2D eigenvalue weighted by molar-refractivity contribution is 0.0696. The summed E-state index contributed by atoms with van der Waals surface area (Å²) in [5, 5.41) is 12.0. The van der Waals surface area contributed by atoms with E-state index in [2.05, 4.69) is 26.2 Å². The molecular formula is C13H11BrN2O2. The molecular weight excluding hydrogens is 296 g/mol. The van der Waals surface area contributed by atoms with Crippen LogP contribution in [-0.4, -0.2) is 16.1 Å². The van der Waals surface area contributed by atoms with Crippen LogP contribution in [0.3, 0.4) is 0 Å². The number of carbonyl (C=O) groups is 1. The number of carboxylic acids is 1. The lowest BCUT2D eigenvalue weighted by Crippen LogP contribution is -2.00. The molecule has 0 aliphatic rings. The Kier molecular flexibility index (Phi) is 3.62. The number of carboxylic acid groups (broad SMARTS) is 1. The Labute approximate surface area is 113 Å². The smallest absolute Gasteiger partial charge is 0.337 e. The van der Waals surface area contributed by atoms with Crippen LogP contribution in [0.2, 0.25) is 0 Å². The molecule has 0 saturated carbocycles. The number of hydrogen-bond donors (Lipinski definition) is 2. The van der Waals surface area contributed by atoms with E-state index in [1.54, 1.807) is 0 Å². The van der Waals surface area contributed by atoms with Crippen molar-refractivity contribution in [1.29, 1.82) is 0 Å². The van der Waals surface area contributed by atoms with E-state index >= 15 is 0 Å². The van der Waals surface area contributed by atoms with Gasteiger partial charge in [0.25, 0.3) is 0 Å². The average molecular weight is 307 g/mol. The second-order valence-electron chi connectivity index (χ2n) is 3.85. The molecule has 0 aliphatic heterocycles. The monoisotopic (exact) mass is 306 g/mol. The van der Waals surface area contributed by atoms with Gasteiger partial charge in [-0.1, -0.05) is 12.1 Å². The fourth-order valence-electron chi connectivity index (χ4n) is 1.51. The molecule has 0 unspecified atom stereocenters. The molecule has 1 heterocycles. The highest BCUT2D eigenvalue weighted by molar-refractivity contribution is 9.10. The Hall–Kier alpha value is -1.88. The second-order valence-corrected chi connectivity index (χ2v) is 4.71. The number of aromatic nitrogens is 1. The summed E-state index contributed by atoms with van der Waals surface area (Å²) in [4.78, 5) is 14.9. The van der Waals surface area contributed by atoms with Gasteiger partial charge in [0.15, 0.2) is 0 Å². The van der Waals surface area contributed by atoms with Gasteiger partial charge < -0.3 is 10.4 Å². The highest BCUT2D eigenvalue weighted by Gasteiger charge is 2.08. The number of anilines is 2. The lowest BCUT2D eigenvalue weighted by atomic mass is 10.2. The zero-order valence-electron chi connectivity index (χ0n) is 9.64. The average Bonchev–Trinajstić information content (AvgIpc) is 2.31. The van der Waals surface area contributed by atoms with E-state index in [1.807, 2.05) is 31.2 Å². The Bertz CT molecular complexity index is 599. The van der Waals surface area contributed by atoms with Crippen LogP contribution in [0.5, 0.6) is 0 Å². The minimum Gasteiger partial charge on any atom is -0.478 e. The molecule has 2 aromatic rings. The SMILES string of the molecule is Cc1cccc(Nc2ncc(C(=O)O)cc2Br)c1. The van der Waals surface area contributed by atoms with Crippen molar-refractivity contribution < 1.29 is 9.90 Å². The van der Waals surface area contributed by atoms with Crippen molar-refractivity contribution in [3.8, 4) is 0 Å². The predicted octanol–water partition coefficient (Wildman–Crippen LogP) is 3.59. The third kappa shape index (κ3) is 2.87. The van der Waals surface area contributed by atoms with Gasteiger partial charge in [-0.15, -0.1) is 0 Å². The molecule has 1 aromatic heterocycles. The molecule has 0 fully saturated rings. The Morgan fingerprint density at radius 3 is 2.78 bits per heavy atom. The Morgan fingerprint density at radius 2 is 2.17 bits per heavy atom. The van der Waals surface area contributed by atoms with Crippen LogP contribution in [0.15, 0.2) is 41.0 Å². The molecule has 0 atom stereocenters. The molecule has 18 heavy (non-hydrogen) atoms. The van der Waals surface area contributed by atoms with Gasteiger partial charge in [-0.3, -0.25) is 0 Å². The van der Waals surface area contributed by atoms with Crippen LogP contribution in [0.25, 0.3) is 0 Å². The molecule has 5 heteroatoms. The van der Waals surface area contributed by atoms with Gasteiger partial charge in [0.05, 0.1) is 10.0 Å². The van der Waals surface area contributed by atoms with Gasteiger partial charge >= 0.3 is 5.97 Å². The number of rotatable bonds is 3. The van der Waals surface area contributed by atoms with Crippen LogP contribution >= 0.6 is 15.9 Å². The van der Waals surface area contributed by atoms with Crippen LogP contribution in [0.4, 0.5) is 11.5 Å². The van der Waals surface area contributed by atoms with Crippen molar-refractivity contribution in [1.82, 2.24) is 4.98 Å². The van der Waals surface area contributed by atoms with E-state index < -0.39 is 5.97 Å². The van der Waals surface area contributed by atoms with E-state index in [-0.39, 0.29) is 5.56 Å². The number of halogens is 1. The van der Waals surface area contributed by atoms with Crippen LogP contribution in [0, 0.1) is 6.92 Å². The van der Waals surface area contributed by atoms with E-state index in [0.29, 0.717) is 10.3 Å². The first kappa shape index (κ1) is 12.6. The third-order valence-corrected chi connectivity index (χ3v) is 2.97. The minimum absolute atomic E-state index is 0.150. The number of nitrogens with zero attached hydrogens (tertiary/aromatic N) is 1. The molecule has 0 bridgehead atoms. The minimum atomic E-state index is -0.995. The predicted molar refractivity (Wildman–Crippen MR) is 73.4 cm³/mol. The summed E-state index contributed by atoms with van der Waals surface area (Å²) < 4.78 is 0.615. The standard InChI is InChI=1S/C13H11BrN2O2/c1-8-3-2-4-10(5-8)16-12-11(14)6-9(7-15-12)13(17)18/h2-7H,1H3,(H,15,16)(H,17,18). The first-order valence-electron chi connectivity index (χ1n) is 5.29. The Morgan fingerprint density at radius 1 is 1.39 bits per heavy atom. The molecule has 2 N–H and O–H groups in total. The van der Waals surface area contributed by atoms with Gasteiger partial charge in [0, 0.05) is 11.9 Å². The van der Waals surface area contributed by atoms with E-state index in [4.69, 9.17) is 5.11 Å². The van der Waals surface area contributed by atoms with Crippen molar-refractivity contribution in [2.75, 3.05) is 5.32 Å². The Balaban J connectivity index is 2.27. The number of pyridine rings is 1. The summed E-state index contributed by atoms with van der Waals surface area (Å²) in [5.41, 5.74) is 2.20. The maximum Gasteiger partial charge on any atom is 0.337 e. The summed E-state index contributed by atoms with van der Waals surface area (Å²) in [6.45, 7) is 2.00. The zero-order chi connectivity index (χ0) is 13.1. The molecule has 0 aliphatic carbocycles. The summed E-state index contributed by atoms with van der Waals surface area (Å²) in [5.74, 6) is -0.407. The van der Waals surface area contributed by atoms with Gasteiger partial charge in [-0.05, 0) is 46.6 Å². The van der Waals surface area contributed by atoms with Gasteiger partial charge in [0.2, 0.25) is 0 Å². The molecule has 4 nitrogen and oxygen atoms in total. The number of nitrogens with one attached hydrogen (secondary N) is 1. The molecule has 0 radical (unpaired) electrons. The third-order valence-electron chi connectivity index (χ3n) is 2.37. The highest BCUT2D eigenvalue weighted by Crippen LogP contribution is 2.24. The van der Waals surface area contributed by atoms with Gasteiger partial charge in [-0.25, -0.2) is 9.78 Å². The van der Waals surface area contributed by atoms with Crippen molar-refractivity contribution in [3.63, 3.8) is 0 Å². The molecule has 0 amide bonds. The zero-order valence-corrected chi connectivity index (χ0v) is 11.2. The summed E-state index contributed by atoms with van der Waals surface area (Å²) in [6.07, 6.45) is 1.32. The molecule has 92 valence electrons. The number of benzene rings is 1. The number of hydrogen-bond acceptors (Lipinski definition) is 3. The molecule has 1 aromatic carbocycles. The fourth-order valence-corrected chi connectivity index (χ4v) is 1.95. The lowest BCUT2D eigenvalue weighted by Gasteiger charge is -2.08. The normalized spacial score (nSPS) is 10.1. The maximum atomic E-state index is 10.8. The topological polar surface area (TPSA) is 62.2 Å². The van der Waals surface area contributed by atoms with Crippen LogP contribution in [0.1, 0.15) is 15.9 Å². The summed E-state index contributed by atoms with van der Waals surface area (Å²) in [7, 11) is 0. The molecule has 0 spiro atoms. The van der Waals surface area contributed by atoms with E-state index in [9.17, 15) is 4.79 Å². The van der Waals surface area contributed by atoms with Crippen LogP contribution < -0.4 is 5.32 Å². The summed E-state index contributed by atoms with van der Waals surface area (Å²) in [6, 6.07) is 9.37. The quantitative estimate of drug-likeness (QED) is 0.909. The molecule has 2 rings (SSSR count).